The second-order valence-corrected chi connectivity index (χ2v) is 5.89. The van der Waals surface area contributed by atoms with E-state index in [9.17, 15) is 14.4 Å². The highest BCUT2D eigenvalue weighted by atomic mass is 16.7. The maximum atomic E-state index is 12.1. The predicted molar refractivity (Wildman–Crippen MR) is 77.4 cm³/mol. The van der Waals surface area contributed by atoms with Gasteiger partial charge < -0.3 is 10.0 Å². The van der Waals surface area contributed by atoms with Crippen LogP contribution in [0.25, 0.3) is 0 Å². The number of imide groups is 1. The number of hydrogen-bond acceptors (Lipinski definition) is 4. The molecule has 22 heavy (non-hydrogen) atoms. The van der Waals surface area contributed by atoms with Crippen LogP contribution in [0.5, 0.6) is 0 Å². The van der Waals surface area contributed by atoms with E-state index in [1.807, 2.05) is 0 Å². The largest absolute Gasteiger partial charge is 0.465 e. The molecular weight excluding hydrogens is 288 g/mol. The maximum absolute atomic E-state index is 12.1. The lowest BCUT2D eigenvalue weighted by atomic mass is 10.1. The summed E-state index contributed by atoms with van der Waals surface area (Å²) in [6, 6.07) is 6.44. The Hall–Kier alpha value is -2.41. The lowest BCUT2D eigenvalue weighted by Crippen LogP contribution is -2.47. The number of hydroxylamine groups is 2. The molecule has 0 unspecified atom stereocenters. The average Bonchev–Trinajstić information content (AvgIpc) is 2.66. The standard InChI is InChI=1S/C15H18N2O5/c1-15(2,3)16(14(20)21)8-9-22-17-12(18)10-6-4-5-7-11(10)13(17)19/h4-7H,8-9H2,1-3H3,(H,20,21). The van der Waals surface area contributed by atoms with Gasteiger partial charge in [-0.1, -0.05) is 12.1 Å². The van der Waals surface area contributed by atoms with Crippen molar-refractivity contribution in [2.24, 2.45) is 0 Å². The summed E-state index contributed by atoms with van der Waals surface area (Å²) in [7, 11) is 0. The third-order valence-electron chi connectivity index (χ3n) is 3.33. The Labute approximate surface area is 128 Å². The molecular formula is C15H18N2O5. The van der Waals surface area contributed by atoms with Crippen molar-refractivity contribution in [3.63, 3.8) is 0 Å². The summed E-state index contributed by atoms with van der Waals surface area (Å²) < 4.78 is 0. The first-order valence-corrected chi connectivity index (χ1v) is 6.85. The van der Waals surface area contributed by atoms with E-state index >= 15 is 0 Å². The first-order valence-electron chi connectivity index (χ1n) is 6.85. The lowest BCUT2D eigenvalue weighted by molar-refractivity contribution is -0.0972. The molecule has 1 aromatic carbocycles. The smallest absolute Gasteiger partial charge is 0.407 e. The molecule has 0 spiro atoms. The minimum absolute atomic E-state index is 0.0479. The van der Waals surface area contributed by atoms with Crippen molar-refractivity contribution in [1.82, 2.24) is 9.96 Å². The summed E-state index contributed by atoms with van der Waals surface area (Å²) in [5, 5.41) is 9.86. The Balaban J connectivity index is 2.01. The van der Waals surface area contributed by atoms with Gasteiger partial charge in [0.1, 0.15) is 0 Å². The van der Waals surface area contributed by atoms with Crippen molar-refractivity contribution >= 4 is 17.9 Å². The number of carboxylic acid groups (broad SMARTS) is 1. The molecule has 0 aromatic heterocycles. The van der Waals surface area contributed by atoms with Crippen LogP contribution in [0.15, 0.2) is 24.3 Å². The quantitative estimate of drug-likeness (QED) is 0.860. The van der Waals surface area contributed by atoms with Gasteiger partial charge in [0.15, 0.2) is 0 Å². The fourth-order valence-corrected chi connectivity index (χ4v) is 2.23. The Morgan fingerprint density at radius 2 is 1.68 bits per heavy atom. The molecule has 0 fully saturated rings. The van der Waals surface area contributed by atoms with Crippen LogP contribution in [0.3, 0.4) is 0 Å². The number of hydrogen-bond donors (Lipinski definition) is 1. The minimum Gasteiger partial charge on any atom is -0.465 e. The van der Waals surface area contributed by atoms with Gasteiger partial charge in [-0.05, 0) is 32.9 Å². The number of nitrogens with zero attached hydrogens (tertiary/aromatic N) is 2. The predicted octanol–water partition coefficient (Wildman–Crippen LogP) is 1.99. The van der Waals surface area contributed by atoms with E-state index in [2.05, 4.69) is 0 Å². The number of amides is 3. The van der Waals surface area contributed by atoms with Crippen LogP contribution in [0.2, 0.25) is 0 Å². The zero-order chi connectivity index (χ0) is 16.5. The van der Waals surface area contributed by atoms with Gasteiger partial charge in [0.2, 0.25) is 0 Å². The second-order valence-electron chi connectivity index (χ2n) is 5.89. The van der Waals surface area contributed by atoms with Gasteiger partial charge in [-0.3, -0.25) is 14.4 Å². The van der Waals surface area contributed by atoms with Crippen LogP contribution >= 0.6 is 0 Å². The van der Waals surface area contributed by atoms with E-state index in [1.54, 1.807) is 45.0 Å². The van der Waals surface area contributed by atoms with Crippen LogP contribution < -0.4 is 0 Å². The molecule has 1 aliphatic rings. The third kappa shape index (κ3) is 2.94. The molecule has 0 saturated heterocycles. The normalized spacial score (nSPS) is 14.2. The van der Waals surface area contributed by atoms with Crippen LogP contribution in [0.1, 0.15) is 41.5 Å². The Kier molecular flexibility index (Phi) is 4.18. The van der Waals surface area contributed by atoms with E-state index in [-0.39, 0.29) is 13.2 Å². The van der Waals surface area contributed by atoms with E-state index < -0.39 is 23.4 Å². The first-order chi connectivity index (χ1) is 10.2. The van der Waals surface area contributed by atoms with Crippen molar-refractivity contribution < 1.29 is 24.3 Å². The van der Waals surface area contributed by atoms with Crippen molar-refractivity contribution in [2.45, 2.75) is 26.3 Å². The van der Waals surface area contributed by atoms with Gasteiger partial charge >= 0.3 is 6.09 Å². The highest BCUT2D eigenvalue weighted by molar-refractivity contribution is 6.20. The van der Waals surface area contributed by atoms with Gasteiger partial charge in [0.25, 0.3) is 11.8 Å². The minimum atomic E-state index is -1.08. The molecule has 0 radical (unpaired) electrons. The fraction of sp³-hybridized carbons (Fsp3) is 0.400. The van der Waals surface area contributed by atoms with Crippen molar-refractivity contribution in [3.8, 4) is 0 Å². The topological polar surface area (TPSA) is 87.2 Å². The summed E-state index contributed by atoms with van der Waals surface area (Å²) in [6.07, 6.45) is -1.08. The van der Waals surface area contributed by atoms with E-state index in [0.717, 1.165) is 0 Å². The SMILES string of the molecule is CC(C)(C)N(CCON1C(=O)c2ccccc2C1=O)C(=O)O. The fourth-order valence-electron chi connectivity index (χ4n) is 2.23. The van der Waals surface area contributed by atoms with Gasteiger partial charge in [-0.15, -0.1) is 5.06 Å². The molecule has 1 aliphatic heterocycles. The van der Waals surface area contributed by atoms with Crippen molar-refractivity contribution in [2.75, 3.05) is 13.2 Å². The van der Waals surface area contributed by atoms with E-state index in [0.29, 0.717) is 16.2 Å². The number of benzene rings is 1. The molecule has 2 rings (SSSR count). The summed E-state index contributed by atoms with van der Waals surface area (Å²) in [5.74, 6) is -1.06. The number of carbonyl (C=O) groups excluding carboxylic acids is 2. The number of fused-ring (bicyclic) bond motifs is 1. The first kappa shape index (κ1) is 16.0. The summed E-state index contributed by atoms with van der Waals surface area (Å²) >= 11 is 0. The van der Waals surface area contributed by atoms with Crippen LogP contribution in [0.4, 0.5) is 4.79 Å². The molecule has 0 aliphatic carbocycles. The van der Waals surface area contributed by atoms with Gasteiger partial charge in [0.05, 0.1) is 24.3 Å². The Morgan fingerprint density at radius 3 is 2.09 bits per heavy atom. The summed E-state index contributed by atoms with van der Waals surface area (Å²) in [6.45, 7) is 5.22. The Morgan fingerprint density at radius 1 is 1.18 bits per heavy atom. The average molecular weight is 306 g/mol. The Bertz CT molecular complexity index is 586. The van der Waals surface area contributed by atoms with Crippen molar-refractivity contribution in [3.05, 3.63) is 35.4 Å². The molecule has 0 bridgehead atoms. The second kappa shape index (κ2) is 5.76. The van der Waals surface area contributed by atoms with Crippen LogP contribution in [0, 0.1) is 0 Å². The lowest BCUT2D eigenvalue weighted by Gasteiger charge is -2.33. The molecule has 1 aromatic rings. The zero-order valence-corrected chi connectivity index (χ0v) is 12.7. The van der Waals surface area contributed by atoms with Gasteiger partial charge in [-0.25, -0.2) is 4.79 Å². The van der Waals surface area contributed by atoms with Crippen LogP contribution in [-0.4, -0.2) is 51.7 Å². The molecule has 118 valence electrons. The molecule has 1 N–H and O–H groups in total. The molecule has 7 nitrogen and oxygen atoms in total. The van der Waals surface area contributed by atoms with E-state index in [4.69, 9.17) is 9.94 Å². The molecule has 7 heteroatoms. The zero-order valence-electron chi connectivity index (χ0n) is 12.7. The highest BCUT2D eigenvalue weighted by Crippen LogP contribution is 2.22. The summed E-state index contributed by atoms with van der Waals surface area (Å²) in [5.41, 5.74) is -0.0196. The molecule has 3 amide bonds. The molecule has 0 saturated carbocycles. The van der Waals surface area contributed by atoms with Gasteiger partial charge in [0, 0.05) is 5.54 Å². The van der Waals surface area contributed by atoms with Gasteiger partial charge in [-0.2, -0.15) is 0 Å². The van der Waals surface area contributed by atoms with E-state index in [1.165, 1.54) is 4.90 Å². The van der Waals surface area contributed by atoms with Crippen LogP contribution in [-0.2, 0) is 4.84 Å². The third-order valence-corrected chi connectivity index (χ3v) is 3.33. The highest BCUT2D eigenvalue weighted by Gasteiger charge is 2.36. The molecule has 1 heterocycles. The maximum Gasteiger partial charge on any atom is 0.407 e. The summed E-state index contributed by atoms with van der Waals surface area (Å²) in [4.78, 5) is 41.7. The monoisotopic (exact) mass is 306 g/mol. The number of rotatable bonds is 4. The number of carbonyl (C=O) groups is 3. The molecule has 0 atom stereocenters. The van der Waals surface area contributed by atoms with Crippen molar-refractivity contribution in [1.29, 1.82) is 0 Å².